The number of hydrogen-bond donors (Lipinski definition) is 0. The van der Waals surface area contributed by atoms with E-state index in [0.29, 0.717) is 18.3 Å². The van der Waals surface area contributed by atoms with Gasteiger partial charge in [0.25, 0.3) is 0 Å². The lowest BCUT2D eigenvalue weighted by atomic mass is 9.96. The standard InChI is InChI=1S/C23H34N4O3S/c1-4-31(28,29)27-12-6-5-7-21(27)23-25-24-22(30-23)20-10-13-26(14-11-20)16-19-9-8-17(2)18(3)15-19/h8-9,15,20-21H,4-7,10-14,16H2,1-3H3/t21-/m1/s1. The summed E-state index contributed by atoms with van der Waals surface area (Å²) >= 11 is 0. The summed E-state index contributed by atoms with van der Waals surface area (Å²) in [5.74, 6) is 1.48. The third-order valence-corrected chi connectivity index (χ3v) is 8.71. The van der Waals surface area contributed by atoms with Gasteiger partial charge < -0.3 is 4.42 Å². The van der Waals surface area contributed by atoms with Crippen LogP contribution in [0.2, 0.25) is 0 Å². The molecule has 2 aliphatic heterocycles. The van der Waals surface area contributed by atoms with Crippen LogP contribution in [0.4, 0.5) is 0 Å². The van der Waals surface area contributed by atoms with Gasteiger partial charge >= 0.3 is 0 Å². The molecule has 3 heterocycles. The van der Waals surface area contributed by atoms with Crippen molar-refractivity contribution in [3.05, 3.63) is 46.7 Å². The molecule has 7 nitrogen and oxygen atoms in total. The fraction of sp³-hybridized carbons (Fsp3) is 0.652. The Bertz CT molecular complexity index is 996. The van der Waals surface area contributed by atoms with Gasteiger partial charge in [0.15, 0.2) is 0 Å². The Kier molecular flexibility index (Phi) is 6.79. The Morgan fingerprint density at radius 3 is 2.45 bits per heavy atom. The first-order valence-corrected chi connectivity index (χ1v) is 13.1. The molecule has 2 saturated heterocycles. The number of hydrogen-bond acceptors (Lipinski definition) is 6. The number of benzene rings is 1. The molecule has 0 unspecified atom stereocenters. The summed E-state index contributed by atoms with van der Waals surface area (Å²) < 4.78 is 32.6. The first-order valence-electron chi connectivity index (χ1n) is 11.5. The van der Waals surface area contributed by atoms with E-state index in [1.54, 1.807) is 11.2 Å². The van der Waals surface area contributed by atoms with E-state index in [4.69, 9.17) is 4.42 Å². The molecule has 1 aromatic heterocycles. The molecule has 31 heavy (non-hydrogen) atoms. The Balaban J connectivity index is 1.38. The van der Waals surface area contributed by atoms with Gasteiger partial charge in [0.1, 0.15) is 6.04 Å². The highest BCUT2D eigenvalue weighted by molar-refractivity contribution is 7.89. The van der Waals surface area contributed by atoms with Gasteiger partial charge in [-0.3, -0.25) is 4.90 Å². The molecule has 2 aliphatic rings. The molecule has 0 N–H and O–H groups in total. The normalized spacial score (nSPS) is 22.1. The molecule has 0 amide bonds. The predicted octanol–water partition coefficient (Wildman–Crippen LogP) is 3.94. The zero-order chi connectivity index (χ0) is 22.0. The maximum Gasteiger partial charge on any atom is 0.234 e. The third kappa shape index (κ3) is 5.02. The number of nitrogens with zero attached hydrogens (tertiary/aromatic N) is 4. The van der Waals surface area contributed by atoms with Crippen LogP contribution in [-0.2, 0) is 16.6 Å². The Morgan fingerprint density at radius 2 is 1.74 bits per heavy atom. The molecule has 0 saturated carbocycles. The molecule has 1 atom stereocenters. The molecule has 0 bridgehead atoms. The fourth-order valence-electron chi connectivity index (χ4n) is 4.69. The zero-order valence-electron chi connectivity index (χ0n) is 18.9. The number of rotatable bonds is 6. The average molecular weight is 447 g/mol. The lowest BCUT2D eigenvalue weighted by molar-refractivity contribution is 0.184. The summed E-state index contributed by atoms with van der Waals surface area (Å²) in [6.45, 7) is 9.49. The van der Waals surface area contributed by atoms with Crippen LogP contribution in [0, 0.1) is 13.8 Å². The number of piperidine rings is 2. The van der Waals surface area contributed by atoms with E-state index >= 15 is 0 Å². The van der Waals surface area contributed by atoms with Crippen molar-refractivity contribution in [1.29, 1.82) is 0 Å². The molecular weight excluding hydrogens is 412 g/mol. The topological polar surface area (TPSA) is 79.5 Å². The minimum absolute atomic E-state index is 0.101. The molecule has 170 valence electrons. The second-order valence-corrected chi connectivity index (χ2v) is 11.2. The van der Waals surface area contributed by atoms with Gasteiger partial charge in [-0.05, 0) is 76.2 Å². The van der Waals surface area contributed by atoms with E-state index < -0.39 is 10.0 Å². The number of sulfonamides is 1. The molecule has 0 aliphatic carbocycles. The molecular formula is C23H34N4O3S. The van der Waals surface area contributed by atoms with E-state index in [0.717, 1.165) is 51.7 Å². The van der Waals surface area contributed by atoms with Crippen LogP contribution in [0.25, 0.3) is 0 Å². The van der Waals surface area contributed by atoms with Crippen LogP contribution in [-0.4, -0.2) is 53.2 Å². The van der Waals surface area contributed by atoms with Gasteiger partial charge in [0.05, 0.1) is 5.75 Å². The van der Waals surface area contributed by atoms with E-state index in [2.05, 4.69) is 47.1 Å². The highest BCUT2D eigenvalue weighted by atomic mass is 32.2. The maximum absolute atomic E-state index is 12.5. The van der Waals surface area contributed by atoms with Gasteiger partial charge in [-0.1, -0.05) is 24.6 Å². The SMILES string of the molecule is CCS(=O)(=O)N1CCCC[C@@H]1c1nnc(C2CCN(Cc3ccc(C)c(C)c3)CC2)o1. The maximum atomic E-state index is 12.5. The third-order valence-electron chi connectivity index (χ3n) is 6.83. The van der Waals surface area contributed by atoms with E-state index in [9.17, 15) is 8.42 Å². The molecule has 1 aromatic carbocycles. The van der Waals surface area contributed by atoms with E-state index in [-0.39, 0.29) is 17.7 Å². The van der Waals surface area contributed by atoms with Gasteiger partial charge in [0.2, 0.25) is 21.8 Å². The van der Waals surface area contributed by atoms with Crippen molar-refractivity contribution in [1.82, 2.24) is 19.4 Å². The largest absolute Gasteiger partial charge is 0.423 e. The zero-order valence-corrected chi connectivity index (χ0v) is 19.7. The molecule has 2 fully saturated rings. The highest BCUT2D eigenvalue weighted by Gasteiger charge is 2.36. The minimum Gasteiger partial charge on any atom is -0.423 e. The van der Waals surface area contributed by atoms with Gasteiger partial charge in [0, 0.05) is 19.0 Å². The van der Waals surface area contributed by atoms with E-state index in [1.165, 1.54) is 16.7 Å². The van der Waals surface area contributed by atoms with Crippen molar-refractivity contribution in [2.45, 2.75) is 71.4 Å². The first-order chi connectivity index (χ1) is 14.9. The summed E-state index contributed by atoms with van der Waals surface area (Å²) in [5, 5.41) is 8.61. The van der Waals surface area contributed by atoms with Crippen molar-refractivity contribution in [3.8, 4) is 0 Å². The fourth-order valence-corrected chi connectivity index (χ4v) is 6.02. The van der Waals surface area contributed by atoms with Crippen molar-refractivity contribution in [2.75, 3.05) is 25.4 Å². The van der Waals surface area contributed by atoms with Crippen LogP contribution < -0.4 is 0 Å². The second-order valence-electron chi connectivity index (χ2n) is 8.97. The molecule has 8 heteroatoms. The Morgan fingerprint density at radius 1 is 1.00 bits per heavy atom. The summed E-state index contributed by atoms with van der Waals surface area (Å²) in [4.78, 5) is 2.48. The summed E-state index contributed by atoms with van der Waals surface area (Å²) in [6.07, 6.45) is 4.57. The smallest absolute Gasteiger partial charge is 0.234 e. The monoisotopic (exact) mass is 446 g/mol. The molecule has 4 rings (SSSR count). The predicted molar refractivity (Wildman–Crippen MR) is 120 cm³/mol. The van der Waals surface area contributed by atoms with Crippen molar-refractivity contribution >= 4 is 10.0 Å². The van der Waals surface area contributed by atoms with Crippen molar-refractivity contribution in [2.24, 2.45) is 0 Å². The average Bonchev–Trinajstić information content (AvgIpc) is 3.27. The van der Waals surface area contributed by atoms with Crippen LogP contribution in [0.15, 0.2) is 22.6 Å². The van der Waals surface area contributed by atoms with Crippen LogP contribution in [0.5, 0.6) is 0 Å². The number of aryl methyl sites for hydroxylation is 2. The number of likely N-dealkylation sites (tertiary alicyclic amines) is 1. The summed E-state index contributed by atoms with van der Waals surface area (Å²) in [6, 6.07) is 6.39. The quantitative estimate of drug-likeness (QED) is 0.669. The highest BCUT2D eigenvalue weighted by Crippen LogP contribution is 2.35. The first kappa shape index (κ1) is 22.4. The minimum atomic E-state index is -3.28. The lowest BCUT2D eigenvalue weighted by Gasteiger charge is -2.32. The van der Waals surface area contributed by atoms with Crippen LogP contribution >= 0.6 is 0 Å². The summed E-state index contributed by atoms with van der Waals surface area (Å²) in [5.41, 5.74) is 4.03. The molecule has 2 aromatic rings. The van der Waals surface area contributed by atoms with Crippen LogP contribution in [0.3, 0.4) is 0 Å². The number of aromatic nitrogens is 2. The van der Waals surface area contributed by atoms with Gasteiger partial charge in [-0.15, -0.1) is 10.2 Å². The Hall–Kier alpha value is -1.77. The van der Waals surface area contributed by atoms with Crippen LogP contribution in [0.1, 0.15) is 79.5 Å². The van der Waals surface area contributed by atoms with Gasteiger partial charge in [-0.25, -0.2) is 8.42 Å². The van der Waals surface area contributed by atoms with E-state index in [1.807, 2.05) is 0 Å². The van der Waals surface area contributed by atoms with Crippen molar-refractivity contribution < 1.29 is 12.8 Å². The second kappa shape index (κ2) is 9.38. The Labute approximate surface area is 185 Å². The molecule has 0 radical (unpaired) electrons. The van der Waals surface area contributed by atoms with Crippen molar-refractivity contribution in [3.63, 3.8) is 0 Å². The molecule has 0 spiro atoms. The summed E-state index contributed by atoms with van der Waals surface area (Å²) in [7, 11) is -3.28. The van der Waals surface area contributed by atoms with Gasteiger partial charge in [-0.2, -0.15) is 4.31 Å². The lowest BCUT2D eigenvalue weighted by Crippen LogP contribution is -2.39.